The molecule has 0 aromatic carbocycles. The largest absolute Gasteiger partial charge is 0.481 e. The Morgan fingerprint density at radius 1 is 1.30 bits per heavy atom. The van der Waals surface area contributed by atoms with Gasteiger partial charge in [-0.1, -0.05) is 0 Å². The highest BCUT2D eigenvalue weighted by Gasteiger charge is 2.25. The van der Waals surface area contributed by atoms with Crippen LogP contribution in [-0.2, 0) is 6.54 Å². The van der Waals surface area contributed by atoms with Crippen LogP contribution in [0.2, 0.25) is 0 Å². The zero-order valence-corrected chi connectivity index (χ0v) is 19.5. The molecule has 11 heteroatoms. The number of piperidine rings is 1. The summed E-state index contributed by atoms with van der Waals surface area (Å²) in [5.74, 6) is 1.76. The van der Waals surface area contributed by atoms with Gasteiger partial charge in [-0.3, -0.25) is 9.59 Å². The highest BCUT2D eigenvalue weighted by atomic mass is 31.2. The second-order valence-corrected chi connectivity index (χ2v) is 9.40. The van der Waals surface area contributed by atoms with E-state index in [1.54, 1.807) is 31.3 Å². The molecule has 1 aliphatic heterocycles. The van der Waals surface area contributed by atoms with Gasteiger partial charge in [0.2, 0.25) is 11.7 Å². The van der Waals surface area contributed by atoms with Crippen molar-refractivity contribution >= 4 is 30.7 Å². The predicted molar refractivity (Wildman–Crippen MR) is 124 cm³/mol. The first-order valence-electron chi connectivity index (χ1n) is 10.8. The Morgan fingerprint density at radius 3 is 2.70 bits per heavy atom. The summed E-state index contributed by atoms with van der Waals surface area (Å²) < 4.78 is 11.9. The molecular formula is C22H27N4O6P. The number of aryl methyl sites for hydroxylation is 1. The fourth-order valence-corrected chi connectivity index (χ4v) is 4.73. The first-order chi connectivity index (χ1) is 15.9. The number of carbonyl (C=O) groups is 1. The van der Waals surface area contributed by atoms with Crippen LogP contribution in [0.5, 0.6) is 5.88 Å². The third-order valence-corrected chi connectivity index (χ3v) is 6.62. The molecule has 10 nitrogen and oxygen atoms in total. The molecule has 1 fully saturated rings. The highest BCUT2D eigenvalue weighted by Crippen LogP contribution is 2.33. The summed E-state index contributed by atoms with van der Waals surface area (Å²) in [7, 11) is -0.350. The number of pyridine rings is 1. The highest BCUT2D eigenvalue weighted by molar-refractivity contribution is 7.45. The molecule has 33 heavy (non-hydrogen) atoms. The van der Waals surface area contributed by atoms with E-state index in [0.717, 1.165) is 23.9 Å². The van der Waals surface area contributed by atoms with E-state index in [-0.39, 0.29) is 18.1 Å². The van der Waals surface area contributed by atoms with Crippen molar-refractivity contribution in [2.24, 2.45) is 5.92 Å². The molecule has 3 aromatic heterocycles. The van der Waals surface area contributed by atoms with E-state index < -0.39 is 13.9 Å². The summed E-state index contributed by atoms with van der Waals surface area (Å²) in [5.41, 5.74) is -0.400. The zero-order chi connectivity index (χ0) is 23.5. The molecule has 0 atom stereocenters. The topological polar surface area (TPSA) is 131 Å². The number of nitrogens with zero attached hydrogens (tertiary/aromatic N) is 4. The van der Waals surface area contributed by atoms with Crippen LogP contribution in [0.15, 0.2) is 33.6 Å². The maximum atomic E-state index is 13.4. The lowest BCUT2D eigenvalue weighted by molar-refractivity contribution is 0.0937. The van der Waals surface area contributed by atoms with Crippen molar-refractivity contribution < 1.29 is 23.7 Å². The Balaban J connectivity index is 1.63. The molecule has 0 bridgehead atoms. The van der Waals surface area contributed by atoms with Crippen molar-refractivity contribution in [3.8, 4) is 5.88 Å². The monoisotopic (exact) mass is 474 g/mol. The van der Waals surface area contributed by atoms with E-state index >= 15 is 0 Å². The van der Waals surface area contributed by atoms with E-state index in [9.17, 15) is 19.4 Å². The van der Waals surface area contributed by atoms with E-state index in [2.05, 4.69) is 10.1 Å². The SMILES string of the molecule is COc1cc2cnn(CC(=O)c3ccc(C)o3)c(=O)c2c(N2CCC(CCP(O)O)CC2)n1. The average molecular weight is 474 g/mol. The van der Waals surface area contributed by atoms with Gasteiger partial charge in [0.1, 0.15) is 18.1 Å². The summed E-state index contributed by atoms with van der Waals surface area (Å²) in [5, 5.41) is 5.17. The molecule has 3 aromatic rings. The van der Waals surface area contributed by atoms with Crippen LogP contribution in [0, 0.1) is 12.8 Å². The predicted octanol–water partition coefficient (Wildman–Crippen LogP) is 2.49. The number of Topliss-reactive ketones (excluding diaryl/α,β-unsaturated/α-hetero) is 1. The zero-order valence-electron chi connectivity index (χ0n) is 18.6. The number of hydrogen-bond donors (Lipinski definition) is 2. The number of anilines is 1. The Labute approximate surface area is 191 Å². The first-order valence-corrected chi connectivity index (χ1v) is 12.2. The number of methoxy groups -OCH3 is 1. The van der Waals surface area contributed by atoms with E-state index in [1.807, 2.05) is 4.90 Å². The molecule has 1 saturated heterocycles. The summed E-state index contributed by atoms with van der Waals surface area (Å²) >= 11 is 0. The van der Waals surface area contributed by atoms with Crippen LogP contribution in [0.4, 0.5) is 5.82 Å². The molecule has 4 heterocycles. The van der Waals surface area contributed by atoms with Crippen molar-refractivity contribution in [2.75, 3.05) is 31.3 Å². The molecule has 0 unspecified atom stereocenters. The number of ether oxygens (including phenoxy) is 1. The van der Waals surface area contributed by atoms with Gasteiger partial charge in [-0.05, 0) is 44.2 Å². The van der Waals surface area contributed by atoms with E-state index in [4.69, 9.17) is 9.15 Å². The van der Waals surface area contributed by atoms with E-state index in [0.29, 0.717) is 53.4 Å². The second-order valence-electron chi connectivity index (χ2n) is 8.21. The Hall–Kier alpha value is -2.81. The number of furan rings is 1. The third kappa shape index (κ3) is 5.24. The maximum absolute atomic E-state index is 13.4. The minimum atomic E-state index is -1.87. The number of rotatable bonds is 8. The van der Waals surface area contributed by atoms with Gasteiger partial charge in [-0.2, -0.15) is 10.1 Å². The standard InChI is InChI=1S/C22H27N4O6P/c1-14-3-4-18(32-14)17(27)13-26-22(28)20-16(12-23-26)11-19(31-2)24-21(20)25-8-5-15(6-9-25)7-10-33(29)30/h3-4,11-12,15,29-30H,5-10,13H2,1-2H3. The average Bonchev–Trinajstić information content (AvgIpc) is 3.25. The lowest BCUT2D eigenvalue weighted by Gasteiger charge is -2.33. The van der Waals surface area contributed by atoms with Gasteiger partial charge in [-0.25, -0.2) is 4.68 Å². The van der Waals surface area contributed by atoms with Crippen molar-refractivity contribution in [3.63, 3.8) is 0 Å². The van der Waals surface area contributed by atoms with Crippen molar-refractivity contribution in [1.29, 1.82) is 0 Å². The number of carbonyl (C=O) groups excluding carboxylic acids is 1. The Bertz CT molecular complexity index is 1200. The fraction of sp³-hybridized carbons (Fsp3) is 0.455. The van der Waals surface area contributed by atoms with Gasteiger partial charge >= 0.3 is 0 Å². The Kier molecular flexibility index (Phi) is 7.07. The van der Waals surface area contributed by atoms with Gasteiger partial charge in [-0.15, -0.1) is 0 Å². The van der Waals surface area contributed by atoms with Gasteiger partial charge < -0.3 is 23.8 Å². The lowest BCUT2D eigenvalue weighted by Crippen LogP contribution is -2.36. The Morgan fingerprint density at radius 2 is 2.06 bits per heavy atom. The molecule has 4 rings (SSSR count). The molecule has 0 saturated carbocycles. The summed E-state index contributed by atoms with van der Waals surface area (Å²) in [6, 6.07) is 4.94. The third-order valence-electron chi connectivity index (χ3n) is 5.96. The number of ketones is 1. The minimum absolute atomic E-state index is 0.186. The molecule has 0 aliphatic carbocycles. The lowest BCUT2D eigenvalue weighted by atomic mass is 9.94. The molecule has 0 amide bonds. The molecule has 176 valence electrons. The van der Waals surface area contributed by atoms with Crippen LogP contribution < -0.4 is 15.2 Å². The van der Waals surface area contributed by atoms with Gasteiger partial charge in [0.15, 0.2) is 14.1 Å². The van der Waals surface area contributed by atoms with Crippen LogP contribution in [0.25, 0.3) is 10.8 Å². The van der Waals surface area contributed by atoms with Gasteiger partial charge in [0.25, 0.3) is 5.56 Å². The maximum Gasteiger partial charge on any atom is 0.278 e. The molecule has 2 N–H and O–H groups in total. The quantitative estimate of drug-likeness (QED) is 0.373. The molecule has 1 aliphatic rings. The van der Waals surface area contributed by atoms with Crippen LogP contribution >= 0.6 is 8.38 Å². The number of fused-ring (bicyclic) bond motifs is 1. The van der Waals surface area contributed by atoms with E-state index in [1.165, 1.54) is 7.11 Å². The van der Waals surface area contributed by atoms with Crippen LogP contribution in [-0.4, -0.2) is 56.7 Å². The van der Waals surface area contributed by atoms with Crippen molar-refractivity contribution in [1.82, 2.24) is 14.8 Å². The van der Waals surface area contributed by atoms with Crippen molar-refractivity contribution in [3.05, 3.63) is 46.3 Å². The van der Waals surface area contributed by atoms with Crippen LogP contribution in [0.1, 0.15) is 35.6 Å². The number of hydrogen-bond acceptors (Lipinski definition) is 9. The second kappa shape index (κ2) is 9.99. The normalized spacial score (nSPS) is 14.9. The summed E-state index contributed by atoms with van der Waals surface area (Å²) in [4.78, 5) is 50.9. The smallest absolute Gasteiger partial charge is 0.278 e. The molecule has 0 radical (unpaired) electrons. The molecular weight excluding hydrogens is 447 g/mol. The summed E-state index contributed by atoms with van der Waals surface area (Å²) in [6.07, 6.45) is 4.45. The van der Waals surface area contributed by atoms with Crippen molar-refractivity contribution in [2.45, 2.75) is 32.7 Å². The van der Waals surface area contributed by atoms with Crippen LogP contribution in [0.3, 0.4) is 0 Å². The molecule has 0 spiro atoms. The van der Waals surface area contributed by atoms with Gasteiger partial charge in [0.05, 0.1) is 18.7 Å². The van der Waals surface area contributed by atoms with Gasteiger partial charge in [0, 0.05) is 30.7 Å². The fourth-order valence-electron chi connectivity index (χ4n) is 4.14. The first kappa shape index (κ1) is 23.4. The minimum Gasteiger partial charge on any atom is -0.481 e. The number of aromatic nitrogens is 3. The summed E-state index contributed by atoms with van der Waals surface area (Å²) in [6.45, 7) is 2.88.